The second kappa shape index (κ2) is 3.74. The first kappa shape index (κ1) is 9.73. The Labute approximate surface area is 94.0 Å². The van der Waals surface area contributed by atoms with Crippen LogP contribution in [0, 0.1) is 0 Å². The highest BCUT2D eigenvalue weighted by molar-refractivity contribution is 9.10. The fraction of sp³-hybridized carbons (Fsp3) is 0.222. The van der Waals surface area contributed by atoms with E-state index < -0.39 is 0 Å². The molecule has 0 aliphatic rings. The summed E-state index contributed by atoms with van der Waals surface area (Å²) in [7, 11) is 0. The summed E-state index contributed by atoms with van der Waals surface area (Å²) in [5.41, 5.74) is 5.57. The maximum absolute atomic E-state index is 5.57. The van der Waals surface area contributed by atoms with Gasteiger partial charge in [0.2, 0.25) is 0 Å². The van der Waals surface area contributed by atoms with Crippen LogP contribution >= 0.6 is 27.3 Å². The molecule has 0 fully saturated rings. The van der Waals surface area contributed by atoms with Crippen LogP contribution in [0.3, 0.4) is 0 Å². The van der Waals surface area contributed by atoms with Crippen molar-refractivity contribution < 1.29 is 4.52 Å². The number of nitrogens with two attached hydrogens (primary N) is 1. The molecule has 0 atom stereocenters. The van der Waals surface area contributed by atoms with E-state index in [1.807, 2.05) is 6.07 Å². The molecule has 0 bridgehead atoms. The van der Waals surface area contributed by atoms with Crippen LogP contribution in [0.15, 0.2) is 21.1 Å². The second-order valence-electron chi connectivity index (χ2n) is 2.83. The molecule has 74 valence electrons. The van der Waals surface area contributed by atoms with Gasteiger partial charge in [0.15, 0.2) is 11.6 Å². The highest BCUT2D eigenvalue weighted by Crippen LogP contribution is 2.36. The third-order valence-corrected chi connectivity index (χ3v) is 3.89. The molecule has 0 unspecified atom stereocenters. The largest absolute Gasteiger partial charge is 0.380 e. The van der Waals surface area contributed by atoms with Crippen molar-refractivity contribution in [3.8, 4) is 10.6 Å². The number of aryl methyl sites for hydroxylation is 1. The van der Waals surface area contributed by atoms with E-state index in [1.54, 1.807) is 11.3 Å². The smallest absolute Gasteiger partial charge is 0.193 e. The van der Waals surface area contributed by atoms with E-state index in [0.717, 1.165) is 15.8 Å². The van der Waals surface area contributed by atoms with E-state index in [2.05, 4.69) is 34.1 Å². The van der Waals surface area contributed by atoms with Crippen LogP contribution in [0.2, 0.25) is 0 Å². The lowest BCUT2D eigenvalue weighted by molar-refractivity contribution is 0.436. The summed E-state index contributed by atoms with van der Waals surface area (Å²) < 4.78 is 5.87. The molecule has 5 heteroatoms. The highest BCUT2D eigenvalue weighted by atomic mass is 79.9. The summed E-state index contributed by atoms with van der Waals surface area (Å²) in [4.78, 5) is 2.37. The molecule has 2 rings (SSSR count). The van der Waals surface area contributed by atoms with Gasteiger partial charge in [-0.1, -0.05) is 12.1 Å². The number of hydrogen-bond acceptors (Lipinski definition) is 4. The first-order valence-electron chi connectivity index (χ1n) is 4.22. The van der Waals surface area contributed by atoms with Gasteiger partial charge in [0.05, 0.1) is 4.88 Å². The minimum absolute atomic E-state index is 0.395. The van der Waals surface area contributed by atoms with Crippen molar-refractivity contribution in [1.82, 2.24) is 5.16 Å². The van der Waals surface area contributed by atoms with Crippen molar-refractivity contribution in [2.45, 2.75) is 13.3 Å². The fourth-order valence-electron chi connectivity index (χ4n) is 1.13. The summed E-state index contributed by atoms with van der Waals surface area (Å²) in [6.45, 7) is 2.12. The Morgan fingerprint density at radius 1 is 1.57 bits per heavy atom. The molecule has 0 aliphatic heterocycles. The number of anilines is 1. The first-order chi connectivity index (χ1) is 6.72. The third-order valence-electron chi connectivity index (χ3n) is 1.89. The molecular formula is C9H9BrN2OS. The number of rotatable bonds is 2. The minimum Gasteiger partial charge on any atom is -0.380 e. The molecule has 2 N–H and O–H groups in total. The summed E-state index contributed by atoms with van der Waals surface area (Å²) in [5.74, 6) is 1.11. The van der Waals surface area contributed by atoms with E-state index in [4.69, 9.17) is 10.3 Å². The predicted molar refractivity (Wildman–Crippen MR) is 61.3 cm³/mol. The Morgan fingerprint density at radius 3 is 2.86 bits per heavy atom. The monoisotopic (exact) mass is 272 g/mol. The van der Waals surface area contributed by atoms with Gasteiger partial charge in [-0.25, -0.2) is 0 Å². The van der Waals surface area contributed by atoms with E-state index in [1.165, 1.54) is 4.88 Å². The van der Waals surface area contributed by atoms with E-state index in [0.29, 0.717) is 11.6 Å². The lowest BCUT2D eigenvalue weighted by Crippen LogP contribution is -1.82. The lowest BCUT2D eigenvalue weighted by Gasteiger charge is -1.89. The molecule has 0 aliphatic carbocycles. The average molecular weight is 273 g/mol. The van der Waals surface area contributed by atoms with Crippen molar-refractivity contribution in [2.24, 2.45) is 0 Å². The number of hydrogen-bond donors (Lipinski definition) is 1. The van der Waals surface area contributed by atoms with Gasteiger partial charge in [0, 0.05) is 4.88 Å². The van der Waals surface area contributed by atoms with Gasteiger partial charge in [0.1, 0.15) is 4.47 Å². The number of aromatic nitrogens is 1. The van der Waals surface area contributed by atoms with Crippen molar-refractivity contribution >= 4 is 33.1 Å². The molecule has 0 saturated heterocycles. The van der Waals surface area contributed by atoms with Crippen LogP contribution < -0.4 is 5.73 Å². The molecule has 0 spiro atoms. The molecule has 0 saturated carbocycles. The SMILES string of the molecule is CCc1ccc(-c2onc(N)c2Br)s1. The number of nitrogen functional groups attached to an aromatic ring is 1. The molecule has 3 nitrogen and oxygen atoms in total. The van der Waals surface area contributed by atoms with Crippen molar-refractivity contribution in [1.29, 1.82) is 0 Å². The van der Waals surface area contributed by atoms with Gasteiger partial charge in [-0.05, 0) is 34.5 Å². The van der Waals surface area contributed by atoms with Crippen molar-refractivity contribution in [3.05, 3.63) is 21.5 Å². The molecule has 14 heavy (non-hydrogen) atoms. The minimum atomic E-state index is 0.395. The molecule has 2 aromatic heterocycles. The summed E-state index contributed by atoms with van der Waals surface area (Å²) in [6, 6.07) is 4.11. The number of thiophene rings is 1. The van der Waals surface area contributed by atoms with E-state index in [9.17, 15) is 0 Å². The Hall–Kier alpha value is -0.810. The molecule has 0 radical (unpaired) electrons. The maximum atomic E-state index is 5.57. The normalized spacial score (nSPS) is 10.7. The van der Waals surface area contributed by atoms with Crippen molar-refractivity contribution in [2.75, 3.05) is 5.73 Å². The maximum Gasteiger partial charge on any atom is 0.193 e. The predicted octanol–water partition coefficient (Wildman–Crippen LogP) is 3.31. The van der Waals surface area contributed by atoms with Crippen LogP contribution in [0.5, 0.6) is 0 Å². The number of nitrogens with zero attached hydrogens (tertiary/aromatic N) is 1. The van der Waals surface area contributed by atoms with Crippen LogP contribution in [0.4, 0.5) is 5.82 Å². The second-order valence-corrected chi connectivity index (χ2v) is 4.79. The van der Waals surface area contributed by atoms with Gasteiger partial charge in [0.25, 0.3) is 0 Å². The topological polar surface area (TPSA) is 52.0 Å². The van der Waals surface area contributed by atoms with Gasteiger partial charge >= 0.3 is 0 Å². The third kappa shape index (κ3) is 1.57. The standard InChI is InChI=1S/C9H9BrN2OS/c1-2-5-3-4-6(14-5)8-7(10)9(11)12-13-8/h3-4H,2H2,1H3,(H2,11,12). The molecule has 2 aromatic rings. The van der Waals surface area contributed by atoms with Crippen LogP contribution in [0.1, 0.15) is 11.8 Å². The van der Waals surface area contributed by atoms with Gasteiger partial charge < -0.3 is 10.3 Å². The Morgan fingerprint density at radius 2 is 2.36 bits per heavy atom. The summed E-state index contributed by atoms with van der Waals surface area (Å²) in [6.07, 6.45) is 1.03. The summed E-state index contributed by atoms with van der Waals surface area (Å²) in [5, 5.41) is 3.69. The molecule has 0 amide bonds. The molecule has 0 aromatic carbocycles. The Balaban J connectivity index is 2.44. The molecule has 2 heterocycles. The van der Waals surface area contributed by atoms with Crippen LogP contribution in [-0.4, -0.2) is 5.16 Å². The highest BCUT2D eigenvalue weighted by Gasteiger charge is 2.14. The van der Waals surface area contributed by atoms with Crippen LogP contribution in [-0.2, 0) is 6.42 Å². The van der Waals surface area contributed by atoms with E-state index in [-0.39, 0.29) is 0 Å². The fourth-order valence-corrected chi connectivity index (χ4v) is 2.55. The van der Waals surface area contributed by atoms with Gasteiger partial charge in [-0.3, -0.25) is 0 Å². The lowest BCUT2D eigenvalue weighted by atomic mass is 10.3. The van der Waals surface area contributed by atoms with Crippen LogP contribution in [0.25, 0.3) is 10.6 Å². The van der Waals surface area contributed by atoms with Crippen molar-refractivity contribution in [3.63, 3.8) is 0 Å². The number of halogens is 1. The van der Waals surface area contributed by atoms with Gasteiger partial charge in [-0.2, -0.15) is 0 Å². The quantitative estimate of drug-likeness (QED) is 0.913. The Kier molecular flexibility index (Phi) is 2.60. The van der Waals surface area contributed by atoms with Gasteiger partial charge in [-0.15, -0.1) is 11.3 Å². The first-order valence-corrected chi connectivity index (χ1v) is 5.83. The Bertz CT molecular complexity index is 449. The zero-order valence-corrected chi connectivity index (χ0v) is 9.98. The van der Waals surface area contributed by atoms with E-state index >= 15 is 0 Å². The summed E-state index contributed by atoms with van der Waals surface area (Å²) >= 11 is 5.04. The average Bonchev–Trinajstić information content (AvgIpc) is 2.75. The zero-order valence-electron chi connectivity index (χ0n) is 7.58. The molecular weight excluding hydrogens is 264 g/mol. The zero-order chi connectivity index (χ0) is 10.1.